The highest BCUT2D eigenvalue weighted by molar-refractivity contribution is 7.89. The minimum absolute atomic E-state index is 0.110. The molecule has 1 aromatic rings. The second-order valence-electron chi connectivity index (χ2n) is 5.03. The topological polar surface area (TPSA) is 91.3 Å². The number of hydrogen-bond donors (Lipinski definition) is 3. The van der Waals surface area contributed by atoms with Gasteiger partial charge in [0.1, 0.15) is 10.7 Å². The molecule has 0 radical (unpaired) electrons. The van der Waals surface area contributed by atoms with E-state index < -0.39 is 22.2 Å². The largest absolute Gasteiger partial charge is 0.391 e. The van der Waals surface area contributed by atoms with Gasteiger partial charge in [0.05, 0.1) is 6.10 Å². The van der Waals surface area contributed by atoms with Crippen LogP contribution in [0.25, 0.3) is 0 Å². The van der Waals surface area contributed by atoms with Gasteiger partial charge >= 0.3 is 0 Å². The quantitative estimate of drug-likeness (QED) is 0.724. The van der Waals surface area contributed by atoms with E-state index in [4.69, 9.17) is 0 Å². The average molecular weight is 299 g/mol. The molecular formula is C13H21N3O3S. The van der Waals surface area contributed by atoms with Crippen molar-refractivity contribution in [2.45, 2.75) is 49.1 Å². The molecular weight excluding hydrogens is 278 g/mol. The van der Waals surface area contributed by atoms with Crippen LogP contribution >= 0.6 is 0 Å². The molecule has 1 aliphatic carbocycles. The van der Waals surface area contributed by atoms with Gasteiger partial charge in [-0.25, -0.2) is 18.1 Å². The molecule has 0 spiro atoms. The van der Waals surface area contributed by atoms with E-state index in [1.807, 2.05) is 0 Å². The van der Waals surface area contributed by atoms with Crippen molar-refractivity contribution in [1.29, 1.82) is 0 Å². The molecule has 6 nitrogen and oxygen atoms in total. The van der Waals surface area contributed by atoms with Gasteiger partial charge in [-0.2, -0.15) is 0 Å². The molecule has 3 N–H and O–H groups in total. The highest BCUT2D eigenvalue weighted by atomic mass is 32.2. The molecule has 0 bridgehead atoms. The molecule has 0 amide bonds. The fourth-order valence-electron chi connectivity index (χ4n) is 2.48. The van der Waals surface area contributed by atoms with Crippen molar-refractivity contribution in [1.82, 2.24) is 9.71 Å². The molecule has 1 saturated carbocycles. The Labute approximate surface area is 119 Å². The Kier molecular flexibility index (Phi) is 4.95. The van der Waals surface area contributed by atoms with Gasteiger partial charge in [-0.05, 0) is 25.0 Å². The zero-order chi connectivity index (χ0) is 14.6. The lowest BCUT2D eigenvalue weighted by Gasteiger charge is -2.22. The van der Waals surface area contributed by atoms with Crippen molar-refractivity contribution < 1.29 is 13.5 Å². The molecule has 112 valence electrons. The number of nitrogens with zero attached hydrogens (tertiary/aromatic N) is 1. The van der Waals surface area contributed by atoms with Gasteiger partial charge in [-0.1, -0.05) is 19.3 Å². The molecule has 2 rings (SSSR count). The van der Waals surface area contributed by atoms with Gasteiger partial charge in [-0.3, -0.25) is 0 Å². The van der Waals surface area contributed by atoms with E-state index >= 15 is 0 Å². The lowest BCUT2D eigenvalue weighted by molar-refractivity contribution is 0.130. The number of rotatable bonds is 4. The van der Waals surface area contributed by atoms with Crippen molar-refractivity contribution in [3.63, 3.8) is 0 Å². The van der Waals surface area contributed by atoms with Crippen LogP contribution in [0.5, 0.6) is 0 Å². The summed E-state index contributed by atoms with van der Waals surface area (Å²) in [5, 5.41) is 12.8. The number of aliphatic hydroxyl groups is 1. The third-order valence-electron chi connectivity index (χ3n) is 3.58. The smallest absolute Gasteiger partial charge is 0.244 e. The summed E-state index contributed by atoms with van der Waals surface area (Å²) in [6.45, 7) is 0. The number of aliphatic hydroxyl groups excluding tert-OH is 1. The first-order chi connectivity index (χ1) is 9.54. The Morgan fingerprint density at radius 2 is 2.05 bits per heavy atom. The van der Waals surface area contributed by atoms with Crippen molar-refractivity contribution in [2.24, 2.45) is 0 Å². The Bertz CT molecular complexity index is 548. The molecule has 1 heterocycles. The van der Waals surface area contributed by atoms with Crippen molar-refractivity contribution in [2.75, 3.05) is 12.4 Å². The van der Waals surface area contributed by atoms with E-state index in [0.29, 0.717) is 18.7 Å². The van der Waals surface area contributed by atoms with Crippen LogP contribution in [0.1, 0.15) is 32.1 Å². The number of anilines is 1. The SMILES string of the molecule is CNc1ncccc1S(=O)(=O)NC1CCCCCC1O. The molecule has 0 saturated heterocycles. The standard InChI is InChI=1S/C13H21N3O3S/c1-14-13-12(8-5-9-15-13)20(18,19)16-10-6-3-2-4-7-11(10)17/h5,8-11,16-17H,2-4,6-7H2,1H3,(H,14,15). The van der Waals surface area contributed by atoms with Gasteiger partial charge in [0, 0.05) is 19.3 Å². The zero-order valence-electron chi connectivity index (χ0n) is 11.5. The van der Waals surface area contributed by atoms with Gasteiger partial charge in [-0.15, -0.1) is 0 Å². The lowest BCUT2D eigenvalue weighted by atomic mass is 10.1. The second-order valence-corrected chi connectivity index (χ2v) is 6.72. The summed E-state index contributed by atoms with van der Waals surface area (Å²) in [4.78, 5) is 4.11. The number of pyridine rings is 1. The minimum atomic E-state index is -3.69. The molecule has 1 aliphatic rings. The lowest BCUT2D eigenvalue weighted by Crippen LogP contribution is -2.42. The van der Waals surface area contributed by atoms with Crippen LogP contribution in [-0.4, -0.2) is 37.7 Å². The highest BCUT2D eigenvalue weighted by Gasteiger charge is 2.28. The first-order valence-electron chi connectivity index (χ1n) is 6.88. The van der Waals surface area contributed by atoms with E-state index in [0.717, 1.165) is 19.3 Å². The van der Waals surface area contributed by atoms with Gasteiger partial charge < -0.3 is 10.4 Å². The maximum absolute atomic E-state index is 12.4. The second kappa shape index (κ2) is 6.51. The summed E-state index contributed by atoms with van der Waals surface area (Å²) in [7, 11) is -2.06. The third-order valence-corrected chi connectivity index (χ3v) is 5.10. The number of sulfonamides is 1. The molecule has 20 heavy (non-hydrogen) atoms. The van der Waals surface area contributed by atoms with E-state index in [2.05, 4.69) is 15.0 Å². The van der Waals surface area contributed by atoms with Gasteiger partial charge in [0.15, 0.2) is 0 Å². The Balaban J connectivity index is 2.22. The first kappa shape index (κ1) is 15.2. The fourth-order valence-corrected chi connectivity index (χ4v) is 3.95. The predicted octanol–water partition coefficient (Wildman–Crippen LogP) is 1.10. The summed E-state index contributed by atoms with van der Waals surface area (Å²) >= 11 is 0. The number of aromatic nitrogens is 1. The summed E-state index contributed by atoms with van der Waals surface area (Å²) in [5.74, 6) is 0.308. The average Bonchev–Trinajstić information content (AvgIpc) is 2.64. The summed E-state index contributed by atoms with van der Waals surface area (Å²) in [6.07, 6.45) is 5.11. The van der Waals surface area contributed by atoms with Crippen LogP contribution in [0.3, 0.4) is 0 Å². The van der Waals surface area contributed by atoms with E-state index in [-0.39, 0.29) is 4.90 Å². The number of nitrogens with one attached hydrogen (secondary N) is 2. The maximum Gasteiger partial charge on any atom is 0.244 e. The zero-order valence-corrected chi connectivity index (χ0v) is 12.4. The van der Waals surface area contributed by atoms with Crippen LogP contribution < -0.4 is 10.0 Å². The van der Waals surface area contributed by atoms with Gasteiger partial charge in [0.2, 0.25) is 10.0 Å². The maximum atomic E-state index is 12.4. The Morgan fingerprint density at radius 3 is 2.80 bits per heavy atom. The molecule has 0 aliphatic heterocycles. The minimum Gasteiger partial charge on any atom is -0.391 e. The van der Waals surface area contributed by atoms with E-state index in [1.165, 1.54) is 12.3 Å². The van der Waals surface area contributed by atoms with Crippen LogP contribution in [0, 0.1) is 0 Å². The fraction of sp³-hybridized carbons (Fsp3) is 0.615. The van der Waals surface area contributed by atoms with Gasteiger partial charge in [0.25, 0.3) is 0 Å². The summed E-state index contributed by atoms with van der Waals surface area (Å²) in [5.41, 5.74) is 0. The summed E-state index contributed by atoms with van der Waals surface area (Å²) < 4.78 is 27.5. The highest BCUT2D eigenvalue weighted by Crippen LogP contribution is 2.22. The van der Waals surface area contributed by atoms with Crippen LogP contribution in [0.15, 0.2) is 23.2 Å². The van der Waals surface area contributed by atoms with Crippen LogP contribution in [0.2, 0.25) is 0 Å². The third kappa shape index (κ3) is 3.47. The summed E-state index contributed by atoms with van der Waals surface area (Å²) in [6, 6.07) is 2.66. The molecule has 2 atom stereocenters. The van der Waals surface area contributed by atoms with E-state index in [9.17, 15) is 13.5 Å². The molecule has 0 aromatic carbocycles. The Hall–Kier alpha value is -1.18. The normalized spacial score (nSPS) is 24.1. The predicted molar refractivity (Wildman–Crippen MR) is 77.0 cm³/mol. The van der Waals surface area contributed by atoms with E-state index in [1.54, 1.807) is 13.1 Å². The van der Waals surface area contributed by atoms with Crippen molar-refractivity contribution in [3.05, 3.63) is 18.3 Å². The molecule has 1 fully saturated rings. The molecule has 1 aromatic heterocycles. The molecule has 7 heteroatoms. The van der Waals surface area contributed by atoms with Crippen LogP contribution in [0.4, 0.5) is 5.82 Å². The number of hydrogen-bond acceptors (Lipinski definition) is 5. The van der Waals surface area contributed by atoms with Crippen molar-refractivity contribution >= 4 is 15.8 Å². The molecule has 2 unspecified atom stereocenters. The monoisotopic (exact) mass is 299 g/mol. The van der Waals surface area contributed by atoms with Crippen molar-refractivity contribution in [3.8, 4) is 0 Å². The Morgan fingerprint density at radius 1 is 1.30 bits per heavy atom. The first-order valence-corrected chi connectivity index (χ1v) is 8.36. The van der Waals surface area contributed by atoms with Crippen LogP contribution in [-0.2, 0) is 10.0 Å².